The van der Waals surface area contributed by atoms with Crippen molar-refractivity contribution in [2.24, 2.45) is 5.84 Å². The monoisotopic (exact) mass is 166 g/mol. The normalized spacial score (nSPS) is 8.42. The van der Waals surface area contributed by atoms with Crippen LogP contribution in [0.25, 0.3) is 0 Å². The number of nitrogens with one attached hydrogen (secondary N) is 1. The van der Waals surface area contributed by atoms with Gasteiger partial charge in [0.2, 0.25) is 0 Å². The first-order chi connectivity index (χ1) is 5.74. The third-order valence-electron chi connectivity index (χ3n) is 1.67. The second-order valence-corrected chi connectivity index (χ2v) is 2.44. The number of anilines is 1. The number of hydrogen-bond donors (Lipinski definition) is 2. The van der Waals surface area contributed by atoms with Gasteiger partial charge in [-0.15, -0.1) is 0 Å². The van der Waals surface area contributed by atoms with E-state index in [4.69, 9.17) is 5.84 Å². The van der Waals surface area contributed by atoms with Crippen LogP contribution in [0, 0.1) is 13.8 Å². The van der Waals surface area contributed by atoms with Gasteiger partial charge in [0, 0.05) is 5.69 Å². The standard InChI is InChI=1S/C8H12N2.C2H6/c1-6-3-4-8(10-9)5-7(6)2;1-2/h3-5,10H,9H2,1-2H3;1-2H3. The number of nitrogen functional groups attached to an aromatic ring is 1. The molecule has 0 bridgehead atoms. The molecule has 2 nitrogen and oxygen atoms in total. The Hall–Kier alpha value is -1.02. The molecule has 1 rings (SSSR count). The Morgan fingerprint density at radius 2 is 1.67 bits per heavy atom. The molecule has 68 valence electrons. The second kappa shape index (κ2) is 5.61. The van der Waals surface area contributed by atoms with Crippen molar-refractivity contribution in [3.05, 3.63) is 29.3 Å². The topological polar surface area (TPSA) is 38.0 Å². The van der Waals surface area contributed by atoms with Gasteiger partial charge in [0.1, 0.15) is 0 Å². The summed E-state index contributed by atoms with van der Waals surface area (Å²) in [6, 6.07) is 6.03. The first-order valence-corrected chi connectivity index (χ1v) is 4.28. The first kappa shape index (κ1) is 11.0. The molecule has 0 unspecified atom stereocenters. The maximum Gasteiger partial charge on any atom is 0.0487 e. The summed E-state index contributed by atoms with van der Waals surface area (Å²) < 4.78 is 0. The molecule has 12 heavy (non-hydrogen) atoms. The van der Waals surface area contributed by atoms with Gasteiger partial charge in [-0.05, 0) is 37.1 Å². The Balaban J connectivity index is 0.000000561. The van der Waals surface area contributed by atoms with E-state index in [1.54, 1.807) is 0 Å². The van der Waals surface area contributed by atoms with Gasteiger partial charge in [-0.25, -0.2) is 0 Å². The van der Waals surface area contributed by atoms with Gasteiger partial charge >= 0.3 is 0 Å². The SMILES string of the molecule is CC.Cc1ccc(NN)cc1C. The van der Waals surface area contributed by atoms with E-state index < -0.39 is 0 Å². The summed E-state index contributed by atoms with van der Waals surface area (Å²) in [5.41, 5.74) is 6.11. The van der Waals surface area contributed by atoms with Crippen LogP contribution in [0.5, 0.6) is 0 Å². The third-order valence-corrected chi connectivity index (χ3v) is 1.67. The van der Waals surface area contributed by atoms with Crippen molar-refractivity contribution >= 4 is 5.69 Å². The van der Waals surface area contributed by atoms with Crippen LogP contribution in [0.4, 0.5) is 5.69 Å². The molecule has 0 heterocycles. The summed E-state index contributed by atoms with van der Waals surface area (Å²) in [4.78, 5) is 0. The van der Waals surface area contributed by atoms with E-state index in [1.165, 1.54) is 11.1 Å². The van der Waals surface area contributed by atoms with E-state index in [-0.39, 0.29) is 0 Å². The quantitative estimate of drug-likeness (QED) is 0.497. The zero-order valence-corrected chi connectivity index (χ0v) is 8.31. The van der Waals surface area contributed by atoms with Crippen LogP contribution < -0.4 is 11.3 Å². The molecule has 0 saturated carbocycles. The number of rotatable bonds is 1. The molecule has 0 aromatic heterocycles. The lowest BCUT2D eigenvalue weighted by Gasteiger charge is -2.02. The molecule has 1 aromatic carbocycles. The molecule has 0 radical (unpaired) electrons. The van der Waals surface area contributed by atoms with Crippen LogP contribution in [0.15, 0.2) is 18.2 Å². The van der Waals surface area contributed by atoms with Gasteiger partial charge in [0.25, 0.3) is 0 Å². The molecule has 0 aliphatic carbocycles. The zero-order valence-electron chi connectivity index (χ0n) is 8.31. The lowest BCUT2D eigenvalue weighted by molar-refractivity contribution is 1.29. The van der Waals surface area contributed by atoms with Gasteiger partial charge in [-0.3, -0.25) is 5.84 Å². The van der Waals surface area contributed by atoms with Crippen molar-refractivity contribution in [3.63, 3.8) is 0 Å². The highest BCUT2D eigenvalue weighted by molar-refractivity contribution is 5.46. The Kier molecular flexibility index (Phi) is 5.13. The summed E-state index contributed by atoms with van der Waals surface area (Å²) in [6.07, 6.45) is 0. The average molecular weight is 166 g/mol. The van der Waals surface area contributed by atoms with Gasteiger partial charge in [-0.2, -0.15) is 0 Å². The zero-order chi connectivity index (χ0) is 9.56. The van der Waals surface area contributed by atoms with Gasteiger partial charge in [0.05, 0.1) is 0 Å². The van der Waals surface area contributed by atoms with E-state index in [2.05, 4.69) is 19.3 Å². The molecule has 0 atom stereocenters. The number of hydrazine groups is 1. The van der Waals surface area contributed by atoms with Crippen molar-refractivity contribution in [1.29, 1.82) is 0 Å². The van der Waals surface area contributed by atoms with Crippen LogP contribution in [-0.4, -0.2) is 0 Å². The molecule has 0 spiro atoms. The van der Waals surface area contributed by atoms with Crippen LogP contribution >= 0.6 is 0 Å². The van der Waals surface area contributed by atoms with Crippen molar-refractivity contribution in [3.8, 4) is 0 Å². The number of hydrogen-bond acceptors (Lipinski definition) is 2. The molecule has 0 saturated heterocycles. The first-order valence-electron chi connectivity index (χ1n) is 4.28. The Morgan fingerprint density at radius 1 is 1.08 bits per heavy atom. The maximum atomic E-state index is 5.22. The largest absolute Gasteiger partial charge is 0.324 e. The van der Waals surface area contributed by atoms with Crippen molar-refractivity contribution < 1.29 is 0 Å². The van der Waals surface area contributed by atoms with E-state index in [9.17, 15) is 0 Å². The number of nitrogens with two attached hydrogens (primary N) is 1. The maximum absolute atomic E-state index is 5.22. The second-order valence-electron chi connectivity index (χ2n) is 2.44. The highest BCUT2D eigenvalue weighted by Crippen LogP contribution is 2.12. The Bertz CT molecular complexity index is 231. The van der Waals surface area contributed by atoms with Gasteiger partial charge < -0.3 is 5.43 Å². The minimum absolute atomic E-state index is 0.961. The van der Waals surface area contributed by atoms with Crippen LogP contribution in [0.2, 0.25) is 0 Å². The minimum Gasteiger partial charge on any atom is -0.324 e. The van der Waals surface area contributed by atoms with Crippen LogP contribution in [0.3, 0.4) is 0 Å². The predicted molar refractivity (Wildman–Crippen MR) is 55.1 cm³/mol. The smallest absolute Gasteiger partial charge is 0.0487 e. The van der Waals surface area contributed by atoms with E-state index in [1.807, 2.05) is 32.0 Å². The van der Waals surface area contributed by atoms with E-state index in [0.29, 0.717) is 0 Å². The lowest BCUT2D eigenvalue weighted by Crippen LogP contribution is -2.06. The number of aryl methyl sites for hydroxylation is 2. The fourth-order valence-corrected chi connectivity index (χ4v) is 0.831. The van der Waals surface area contributed by atoms with Gasteiger partial charge in [-0.1, -0.05) is 19.9 Å². The van der Waals surface area contributed by atoms with Crippen molar-refractivity contribution in [2.45, 2.75) is 27.7 Å². The Morgan fingerprint density at radius 3 is 2.08 bits per heavy atom. The third kappa shape index (κ3) is 2.93. The molecule has 2 heteroatoms. The molecule has 0 aliphatic rings. The van der Waals surface area contributed by atoms with Crippen LogP contribution in [0.1, 0.15) is 25.0 Å². The highest BCUT2D eigenvalue weighted by Gasteiger charge is 1.91. The summed E-state index contributed by atoms with van der Waals surface area (Å²) >= 11 is 0. The fraction of sp³-hybridized carbons (Fsp3) is 0.400. The summed E-state index contributed by atoms with van der Waals surface area (Å²) in [6.45, 7) is 8.14. The molecule has 0 fully saturated rings. The van der Waals surface area contributed by atoms with Crippen molar-refractivity contribution in [2.75, 3.05) is 5.43 Å². The summed E-state index contributed by atoms with van der Waals surface area (Å²) in [7, 11) is 0. The number of benzene rings is 1. The lowest BCUT2D eigenvalue weighted by atomic mass is 10.1. The van der Waals surface area contributed by atoms with Crippen molar-refractivity contribution in [1.82, 2.24) is 0 Å². The highest BCUT2D eigenvalue weighted by atomic mass is 15.2. The summed E-state index contributed by atoms with van der Waals surface area (Å²) in [5.74, 6) is 5.22. The Labute approximate surface area is 74.8 Å². The minimum atomic E-state index is 0.961. The molecular formula is C10H18N2. The predicted octanol–water partition coefficient (Wildman–Crippen LogP) is 2.62. The van der Waals surface area contributed by atoms with E-state index in [0.717, 1.165) is 5.69 Å². The van der Waals surface area contributed by atoms with Crippen LogP contribution in [-0.2, 0) is 0 Å². The molecule has 3 N–H and O–H groups in total. The average Bonchev–Trinajstić information content (AvgIpc) is 2.13. The van der Waals surface area contributed by atoms with Gasteiger partial charge in [0.15, 0.2) is 0 Å². The molecule has 0 aliphatic heterocycles. The van der Waals surface area contributed by atoms with E-state index >= 15 is 0 Å². The summed E-state index contributed by atoms with van der Waals surface area (Å²) in [5, 5.41) is 0. The molecule has 1 aromatic rings. The molecular weight excluding hydrogens is 148 g/mol. The molecule has 0 amide bonds. The fourth-order valence-electron chi connectivity index (χ4n) is 0.831.